The summed E-state index contributed by atoms with van der Waals surface area (Å²) in [6.45, 7) is 2.00. The second-order valence-corrected chi connectivity index (χ2v) is 4.98. The maximum Gasteiger partial charge on any atom is 0.223 e. The minimum atomic E-state index is -0.518. The van der Waals surface area contributed by atoms with E-state index >= 15 is 0 Å². The molecule has 2 aliphatic rings. The van der Waals surface area contributed by atoms with Gasteiger partial charge in [-0.25, -0.2) is 0 Å². The van der Waals surface area contributed by atoms with Crippen LogP contribution in [0, 0.1) is 0 Å². The van der Waals surface area contributed by atoms with E-state index in [1.54, 1.807) is 0 Å². The van der Waals surface area contributed by atoms with Crippen molar-refractivity contribution in [1.29, 1.82) is 0 Å². The van der Waals surface area contributed by atoms with Gasteiger partial charge in [0.1, 0.15) is 11.3 Å². The molecule has 0 radical (unpaired) electrons. The molecule has 0 saturated heterocycles. The molecule has 5 nitrogen and oxygen atoms in total. The molecule has 0 atom stereocenters. The van der Waals surface area contributed by atoms with Crippen LogP contribution in [0.5, 0.6) is 17.2 Å². The van der Waals surface area contributed by atoms with Gasteiger partial charge < -0.3 is 19.7 Å². The zero-order valence-electron chi connectivity index (χ0n) is 11.4. The topological polar surface area (TPSA) is 90.9 Å². The highest BCUT2D eigenvalue weighted by Crippen LogP contribution is 2.39. The molecule has 0 bridgehead atoms. The normalized spacial score (nSPS) is 11.3. The van der Waals surface area contributed by atoms with E-state index < -0.39 is 5.43 Å². The van der Waals surface area contributed by atoms with Crippen molar-refractivity contribution in [3.8, 4) is 28.6 Å². The van der Waals surface area contributed by atoms with Crippen LogP contribution in [0.4, 0.5) is 0 Å². The summed E-state index contributed by atoms with van der Waals surface area (Å²) in [7, 11) is 0. The molecule has 0 saturated carbocycles. The summed E-state index contributed by atoms with van der Waals surface area (Å²) < 4.78 is 5.62. The average molecular weight is 286 g/mol. The van der Waals surface area contributed by atoms with Gasteiger partial charge in [-0.3, -0.25) is 4.79 Å². The summed E-state index contributed by atoms with van der Waals surface area (Å²) >= 11 is 0. The van der Waals surface area contributed by atoms with Crippen LogP contribution in [0.2, 0.25) is 0 Å². The highest BCUT2D eigenvalue weighted by molar-refractivity contribution is 5.90. The standard InChI is InChI=1S/C16H14O5/c1-2-3-8-9-4-11(17)13(19)6-15(9)21-16-7-14(20)12(18)5-10(8)16/h4-7,17-19H,2-3H2,1H3. The molecule has 0 spiro atoms. The first-order valence-corrected chi connectivity index (χ1v) is 6.65. The van der Waals surface area contributed by atoms with E-state index in [-0.39, 0.29) is 17.2 Å². The minimum Gasteiger partial charge on any atom is -0.504 e. The molecular formula is C16H14O5. The number of aromatic hydroxyl groups is 3. The van der Waals surface area contributed by atoms with Gasteiger partial charge in [-0.2, -0.15) is 0 Å². The molecule has 0 amide bonds. The Bertz CT molecular complexity index is 863. The van der Waals surface area contributed by atoms with Gasteiger partial charge in [0.2, 0.25) is 5.43 Å². The molecule has 0 aromatic heterocycles. The van der Waals surface area contributed by atoms with Crippen LogP contribution in [-0.2, 0) is 6.42 Å². The van der Waals surface area contributed by atoms with E-state index in [0.717, 1.165) is 12.0 Å². The summed E-state index contributed by atoms with van der Waals surface area (Å²) in [5.74, 6) is -0.510. The summed E-state index contributed by atoms with van der Waals surface area (Å²) in [4.78, 5) is 11.6. The van der Waals surface area contributed by atoms with Gasteiger partial charge in [0.15, 0.2) is 17.2 Å². The zero-order valence-corrected chi connectivity index (χ0v) is 11.4. The van der Waals surface area contributed by atoms with Crippen molar-refractivity contribution < 1.29 is 19.7 Å². The van der Waals surface area contributed by atoms with Gasteiger partial charge in [0.25, 0.3) is 0 Å². The van der Waals surface area contributed by atoms with E-state index in [9.17, 15) is 20.1 Å². The highest BCUT2D eigenvalue weighted by Gasteiger charge is 2.18. The molecule has 3 N–H and O–H groups in total. The summed E-state index contributed by atoms with van der Waals surface area (Å²) in [6, 6.07) is 5.37. The molecule has 1 aromatic carbocycles. The number of hydrogen-bond acceptors (Lipinski definition) is 5. The number of hydrogen-bond donors (Lipinski definition) is 3. The second kappa shape index (κ2) is 4.70. The third kappa shape index (κ3) is 2.07. The number of rotatable bonds is 2. The van der Waals surface area contributed by atoms with Crippen molar-refractivity contribution in [3.63, 3.8) is 0 Å². The summed E-state index contributed by atoms with van der Waals surface area (Å²) in [5, 5.41) is 29.6. The fourth-order valence-electron chi connectivity index (χ4n) is 2.53. The van der Waals surface area contributed by atoms with Crippen LogP contribution < -0.4 is 5.43 Å². The summed E-state index contributed by atoms with van der Waals surface area (Å²) in [6.07, 6.45) is 1.53. The monoisotopic (exact) mass is 286 g/mol. The molecule has 1 aromatic rings. The molecule has 5 heteroatoms. The Morgan fingerprint density at radius 1 is 1.00 bits per heavy atom. The Morgan fingerprint density at radius 2 is 1.71 bits per heavy atom. The summed E-state index contributed by atoms with van der Waals surface area (Å²) in [5.41, 5.74) is 1.35. The maximum atomic E-state index is 11.6. The van der Waals surface area contributed by atoms with Crippen molar-refractivity contribution in [2.45, 2.75) is 19.8 Å². The third-order valence-electron chi connectivity index (χ3n) is 3.51. The molecule has 1 heterocycles. The van der Waals surface area contributed by atoms with Crippen LogP contribution in [-0.4, -0.2) is 15.3 Å². The number of phenolic OH excluding ortho intramolecular Hbond substituents is 3. The largest absolute Gasteiger partial charge is 0.504 e. The molecule has 1 aliphatic heterocycles. The SMILES string of the molecule is CCCc1c2cc(O)c(=O)cc-2oc2cc(O)c(O)cc12. The Morgan fingerprint density at radius 3 is 2.43 bits per heavy atom. The Labute approximate surface area is 120 Å². The smallest absolute Gasteiger partial charge is 0.223 e. The number of benzene rings is 2. The van der Waals surface area contributed by atoms with Gasteiger partial charge in [0.05, 0.1) is 0 Å². The predicted molar refractivity (Wildman–Crippen MR) is 78.1 cm³/mol. The Kier molecular flexibility index (Phi) is 2.97. The Hall–Kier alpha value is -2.69. The van der Waals surface area contributed by atoms with Crippen LogP contribution in [0.25, 0.3) is 22.3 Å². The molecule has 108 valence electrons. The van der Waals surface area contributed by atoms with E-state index in [2.05, 4.69) is 0 Å². The molecule has 1 aliphatic carbocycles. The van der Waals surface area contributed by atoms with Crippen LogP contribution >= 0.6 is 0 Å². The van der Waals surface area contributed by atoms with Gasteiger partial charge in [-0.05, 0) is 24.1 Å². The number of phenols is 3. The molecule has 0 fully saturated rings. The zero-order chi connectivity index (χ0) is 15.1. The van der Waals surface area contributed by atoms with Crippen LogP contribution in [0.15, 0.2) is 33.5 Å². The molecular weight excluding hydrogens is 272 g/mol. The van der Waals surface area contributed by atoms with Gasteiger partial charge in [0, 0.05) is 23.1 Å². The van der Waals surface area contributed by atoms with Gasteiger partial charge in [-0.1, -0.05) is 13.3 Å². The first-order valence-electron chi connectivity index (χ1n) is 6.65. The van der Waals surface area contributed by atoms with E-state index in [1.807, 2.05) is 6.92 Å². The highest BCUT2D eigenvalue weighted by atomic mass is 16.3. The fourth-order valence-corrected chi connectivity index (χ4v) is 2.53. The third-order valence-corrected chi connectivity index (χ3v) is 3.51. The fraction of sp³-hybridized carbons (Fsp3) is 0.188. The quantitative estimate of drug-likeness (QED) is 0.497. The molecule has 21 heavy (non-hydrogen) atoms. The van der Waals surface area contributed by atoms with Crippen molar-refractivity contribution in [2.24, 2.45) is 0 Å². The first kappa shape index (κ1) is 13.3. The first-order chi connectivity index (χ1) is 10.0. The predicted octanol–water partition coefficient (Wildman–Crippen LogP) is 2.97. The van der Waals surface area contributed by atoms with Crippen molar-refractivity contribution >= 4 is 11.0 Å². The van der Waals surface area contributed by atoms with Crippen molar-refractivity contribution in [1.82, 2.24) is 0 Å². The minimum absolute atomic E-state index is 0.237. The lowest BCUT2D eigenvalue weighted by molar-refractivity contribution is 0.403. The lowest BCUT2D eigenvalue weighted by atomic mass is 9.96. The number of fused-ring (bicyclic) bond motifs is 2. The van der Waals surface area contributed by atoms with Gasteiger partial charge >= 0.3 is 0 Å². The van der Waals surface area contributed by atoms with E-state index in [0.29, 0.717) is 28.7 Å². The van der Waals surface area contributed by atoms with Crippen molar-refractivity contribution in [2.75, 3.05) is 0 Å². The van der Waals surface area contributed by atoms with E-state index in [1.165, 1.54) is 24.3 Å². The lowest BCUT2D eigenvalue weighted by Gasteiger charge is -2.15. The van der Waals surface area contributed by atoms with E-state index in [4.69, 9.17) is 4.42 Å². The number of aryl methyl sites for hydroxylation is 1. The molecule has 3 rings (SSSR count). The maximum absolute atomic E-state index is 11.6. The second-order valence-electron chi connectivity index (χ2n) is 4.98. The van der Waals surface area contributed by atoms with Crippen LogP contribution in [0.3, 0.4) is 0 Å². The molecule has 0 unspecified atom stereocenters. The lowest BCUT2D eigenvalue weighted by Crippen LogP contribution is -2.02. The van der Waals surface area contributed by atoms with Gasteiger partial charge in [-0.15, -0.1) is 0 Å². The average Bonchev–Trinajstić information content (AvgIpc) is 2.43. The van der Waals surface area contributed by atoms with Crippen molar-refractivity contribution in [3.05, 3.63) is 40.1 Å². The Balaban J connectivity index is 2.49. The van der Waals surface area contributed by atoms with Crippen LogP contribution in [0.1, 0.15) is 18.9 Å².